The van der Waals surface area contributed by atoms with Crippen molar-refractivity contribution in [3.8, 4) is 0 Å². The summed E-state index contributed by atoms with van der Waals surface area (Å²) in [4.78, 5) is 2.77. The summed E-state index contributed by atoms with van der Waals surface area (Å²) >= 11 is 0. The van der Waals surface area contributed by atoms with Gasteiger partial charge in [-0.05, 0) is 58.9 Å². The molecule has 3 rings (SSSR count). The molecule has 3 nitrogen and oxygen atoms in total. The Morgan fingerprint density at radius 3 is 2.65 bits per heavy atom. The van der Waals surface area contributed by atoms with E-state index in [0.29, 0.717) is 6.04 Å². The molecular formula is C17H32N2O. The number of hydrogen-bond donors (Lipinski definition) is 1. The van der Waals surface area contributed by atoms with E-state index in [4.69, 9.17) is 4.74 Å². The molecule has 3 heteroatoms. The number of ether oxygens (including phenoxy) is 1. The van der Waals surface area contributed by atoms with Crippen LogP contribution in [0.2, 0.25) is 0 Å². The van der Waals surface area contributed by atoms with Crippen LogP contribution in [-0.2, 0) is 4.74 Å². The first-order valence-corrected chi connectivity index (χ1v) is 8.82. The average molecular weight is 280 g/mol. The summed E-state index contributed by atoms with van der Waals surface area (Å²) in [5.41, 5.74) is 0.249. The molecule has 0 radical (unpaired) electrons. The number of rotatable bonds is 4. The highest BCUT2D eigenvalue weighted by Gasteiger charge is 2.42. The predicted molar refractivity (Wildman–Crippen MR) is 83.0 cm³/mol. The quantitative estimate of drug-likeness (QED) is 0.857. The van der Waals surface area contributed by atoms with Crippen LogP contribution in [-0.4, -0.2) is 48.3 Å². The van der Waals surface area contributed by atoms with Gasteiger partial charge in [0.1, 0.15) is 0 Å². The van der Waals surface area contributed by atoms with E-state index in [2.05, 4.69) is 24.1 Å². The van der Waals surface area contributed by atoms with Gasteiger partial charge in [0.25, 0.3) is 0 Å². The second kappa shape index (κ2) is 6.33. The molecule has 1 spiro atoms. The highest BCUT2D eigenvalue weighted by Crippen LogP contribution is 2.41. The van der Waals surface area contributed by atoms with Gasteiger partial charge in [-0.1, -0.05) is 12.8 Å². The maximum Gasteiger partial charge on any atom is 0.0697 e. The summed E-state index contributed by atoms with van der Waals surface area (Å²) in [6.07, 6.45) is 10.6. The van der Waals surface area contributed by atoms with Crippen molar-refractivity contribution in [3.63, 3.8) is 0 Å². The van der Waals surface area contributed by atoms with Crippen LogP contribution < -0.4 is 5.32 Å². The van der Waals surface area contributed by atoms with E-state index in [0.717, 1.165) is 18.7 Å². The lowest BCUT2D eigenvalue weighted by Gasteiger charge is -2.45. The third kappa shape index (κ3) is 3.20. The molecule has 0 aromatic rings. The summed E-state index contributed by atoms with van der Waals surface area (Å²) in [5.74, 6) is 0. The molecule has 0 aromatic carbocycles. The zero-order valence-corrected chi connectivity index (χ0v) is 13.4. The molecule has 2 atom stereocenters. The summed E-state index contributed by atoms with van der Waals surface area (Å²) < 4.78 is 6.21. The first-order valence-electron chi connectivity index (χ1n) is 8.82. The fraction of sp³-hybridized carbons (Fsp3) is 1.00. The highest BCUT2D eigenvalue weighted by molar-refractivity contribution is 4.95. The molecule has 0 bridgehead atoms. The smallest absolute Gasteiger partial charge is 0.0697 e. The van der Waals surface area contributed by atoms with E-state index in [9.17, 15) is 0 Å². The Labute approximate surface area is 124 Å². The molecule has 1 aliphatic carbocycles. The van der Waals surface area contributed by atoms with Crippen LogP contribution in [0.3, 0.4) is 0 Å². The van der Waals surface area contributed by atoms with E-state index in [1.165, 1.54) is 64.5 Å². The maximum atomic E-state index is 6.21. The molecule has 3 fully saturated rings. The van der Waals surface area contributed by atoms with Crippen molar-refractivity contribution in [1.29, 1.82) is 0 Å². The fourth-order valence-electron chi connectivity index (χ4n) is 4.60. The van der Waals surface area contributed by atoms with Crippen LogP contribution in [0.15, 0.2) is 0 Å². The Bertz CT molecular complexity index is 306. The van der Waals surface area contributed by atoms with Crippen LogP contribution >= 0.6 is 0 Å². The van der Waals surface area contributed by atoms with Crippen molar-refractivity contribution in [1.82, 2.24) is 10.2 Å². The monoisotopic (exact) mass is 280 g/mol. The predicted octanol–water partition coefficient (Wildman–Crippen LogP) is 2.94. The van der Waals surface area contributed by atoms with Crippen molar-refractivity contribution in [2.75, 3.05) is 19.7 Å². The van der Waals surface area contributed by atoms with E-state index in [1.54, 1.807) is 0 Å². The maximum absolute atomic E-state index is 6.21. The standard InChI is InChI=1S/C17H32N2O/c1-14(2)19(13-15-6-5-10-18-15)16-7-11-20-17(12-16)8-3-4-9-17/h14-16,18H,3-13H2,1-2H3. The topological polar surface area (TPSA) is 24.5 Å². The third-order valence-corrected chi connectivity index (χ3v) is 5.71. The van der Waals surface area contributed by atoms with Crippen molar-refractivity contribution >= 4 is 0 Å². The third-order valence-electron chi connectivity index (χ3n) is 5.71. The lowest BCUT2D eigenvalue weighted by atomic mass is 9.87. The molecule has 0 aromatic heterocycles. The minimum atomic E-state index is 0.249. The second-order valence-corrected chi connectivity index (χ2v) is 7.47. The Morgan fingerprint density at radius 2 is 2.00 bits per heavy atom. The van der Waals surface area contributed by atoms with Crippen LogP contribution in [0.1, 0.15) is 65.2 Å². The minimum Gasteiger partial charge on any atom is -0.375 e. The van der Waals surface area contributed by atoms with Gasteiger partial charge in [-0.2, -0.15) is 0 Å². The first-order chi connectivity index (χ1) is 9.69. The molecule has 20 heavy (non-hydrogen) atoms. The van der Waals surface area contributed by atoms with Gasteiger partial charge in [0.05, 0.1) is 5.60 Å². The molecule has 2 saturated heterocycles. The number of nitrogens with one attached hydrogen (secondary N) is 1. The van der Waals surface area contributed by atoms with Gasteiger partial charge >= 0.3 is 0 Å². The van der Waals surface area contributed by atoms with Gasteiger partial charge in [0, 0.05) is 31.3 Å². The SMILES string of the molecule is CC(C)N(CC1CCCN1)C1CCOC2(CCCC2)C1. The molecule has 2 aliphatic heterocycles. The van der Waals surface area contributed by atoms with Gasteiger partial charge in [0.15, 0.2) is 0 Å². The summed E-state index contributed by atoms with van der Waals surface area (Å²) in [5, 5.41) is 3.67. The Hall–Kier alpha value is -0.120. The van der Waals surface area contributed by atoms with Gasteiger partial charge < -0.3 is 10.1 Å². The lowest BCUT2D eigenvalue weighted by molar-refractivity contribution is -0.106. The normalized spacial score (nSPS) is 33.6. The Morgan fingerprint density at radius 1 is 1.20 bits per heavy atom. The van der Waals surface area contributed by atoms with Crippen molar-refractivity contribution in [2.24, 2.45) is 0 Å². The average Bonchev–Trinajstić information content (AvgIpc) is 3.08. The zero-order valence-electron chi connectivity index (χ0n) is 13.4. The molecule has 3 aliphatic rings. The van der Waals surface area contributed by atoms with Crippen molar-refractivity contribution in [2.45, 2.75) is 88.9 Å². The Kier molecular flexibility index (Phi) is 4.68. The fourth-order valence-corrected chi connectivity index (χ4v) is 4.60. The zero-order chi connectivity index (χ0) is 14.0. The number of hydrogen-bond acceptors (Lipinski definition) is 3. The molecule has 0 amide bonds. The van der Waals surface area contributed by atoms with E-state index >= 15 is 0 Å². The second-order valence-electron chi connectivity index (χ2n) is 7.47. The summed E-state index contributed by atoms with van der Waals surface area (Å²) in [7, 11) is 0. The minimum absolute atomic E-state index is 0.249. The van der Waals surface area contributed by atoms with Crippen molar-refractivity contribution in [3.05, 3.63) is 0 Å². The van der Waals surface area contributed by atoms with Crippen LogP contribution in [0.5, 0.6) is 0 Å². The molecule has 1 N–H and O–H groups in total. The van der Waals surface area contributed by atoms with Gasteiger partial charge in [0.2, 0.25) is 0 Å². The van der Waals surface area contributed by atoms with E-state index in [1.807, 2.05) is 0 Å². The first kappa shape index (κ1) is 14.8. The summed E-state index contributed by atoms with van der Waals surface area (Å²) in [6, 6.07) is 2.11. The molecule has 2 heterocycles. The van der Waals surface area contributed by atoms with Crippen molar-refractivity contribution < 1.29 is 4.74 Å². The highest BCUT2D eigenvalue weighted by atomic mass is 16.5. The molecular weight excluding hydrogens is 248 g/mol. The lowest BCUT2D eigenvalue weighted by Crippen LogP contribution is -2.52. The van der Waals surface area contributed by atoms with Gasteiger partial charge in [-0.15, -0.1) is 0 Å². The van der Waals surface area contributed by atoms with Crippen LogP contribution in [0.4, 0.5) is 0 Å². The van der Waals surface area contributed by atoms with Crippen LogP contribution in [0, 0.1) is 0 Å². The Balaban J connectivity index is 1.63. The molecule has 2 unspecified atom stereocenters. The van der Waals surface area contributed by atoms with Crippen LogP contribution in [0.25, 0.3) is 0 Å². The molecule has 116 valence electrons. The van der Waals surface area contributed by atoms with E-state index in [-0.39, 0.29) is 5.60 Å². The molecule has 1 saturated carbocycles. The largest absolute Gasteiger partial charge is 0.375 e. The van der Waals surface area contributed by atoms with Gasteiger partial charge in [-0.3, -0.25) is 4.90 Å². The summed E-state index contributed by atoms with van der Waals surface area (Å²) in [6.45, 7) is 8.16. The van der Waals surface area contributed by atoms with E-state index < -0.39 is 0 Å². The number of nitrogens with zero attached hydrogens (tertiary/aromatic N) is 1. The van der Waals surface area contributed by atoms with Gasteiger partial charge in [-0.25, -0.2) is 0 Å².